The van der Waals surface area contributed by atoms with Gasteiger partial charge in [-0.3, -0.25) is 20.5 Å². The zero-order chi connectivity index (χ0) is 20.1. The number of aromatic nitrogens is 3. The van der Waals surface area contributed by atoms with Gasteiger partial charge in [-0.05, 0) is 30.3 Å². The highest BCUT2D eigenvalue weighted by Gasteiger charge is 2.11. The van der Waals surface area contributed by atoms with E-state index < -0.39 is 4.92 Å². The number of hydrogen-bond acceptors (Lipinski definition) is 6. The Morgan fingerprint density at radius 1 is 1.07 bits per heavy atom. The fourth-order valence-electron chi connectivity index (χ4n) is 2.79. The predicted molar refractivity (Wildman–Crippen MR) is 111 cm³/mol. The molecule has 0 unspecified atom stereocenters. The Bertz CT molecular complexity index is 1160. The number of para-hydroxylation sites is 1. The van der Waals surface area contributed by atoms with Gasteiger partial charge in [0.2, 0.25) is 0 Å². The molecule has 0 aliphatic carbocycles. The van der Waals surface area contributed by atoms with Crippen LogP contribution >= 0.6 is 0 Å². The van der Waals surface area contributed by atoms with Gasteiger partial charge in [0.05, 0.1) is 22.5 Å². The molecule has 0 saturated carbocycles. The topological polar surface area (TPSA) is 98.2 Å². The number of hydrazone groups is 1. The third-order valence-corrected chi connectivity index (χ3v) is 4.15. The van der Waals surface area contributed by atoms with Crippen LogP contribution in [0.25, 0.3) is 16.9 Å². The number of nitro benzene ring substituents is 1. The first kappa shape index (κ1) is 18.1. The van der Waals surface area contributed by atoms with Crippen molar-refractivity contribution < 1.29 is 4.92 Å². The van der Waals surface area contributed by atoms with Crippen molar-refractivity contribution in [2.24, 2.45) is 5.10 Å². The molecule has 0 amide bonds. The number of nitrogens with one attached hydrogen (secondary N) is 1. The van der Waals surface area contributed by atoms with Crippen LogP contribution < -0.4 is 5.43 Å². The van der Waals surface area contributed by atoms with E-state index in [1.54, 1.807) is 35.4 Å². The average Bonchev–Trinajstić information content (AvgIpc) is 3.19. The SMILES string of the molecule is O=[N+]([O-])c1cccc(N/N=C\c2cn(-c3ccccc3)nc2-c2cccnc2)c1. The molecule has 4 rings (SSSR count). The van der Waals surface area contributed by atoms with E-state index in [-0.39, 0.29) is 5.69 Å². The Balaban J connectivity index is 1.65. The second-order valence-corrected chi connectivity index (χ2v) is 6.13. The molecule has 0 spiro atoms. The van der Waals surface area contributed by atoms with Crippen molar-refractivity contribution in [2.45, 2.75) is 0 Å². The summed E-state index contributed by atoms with van der Waals surface area (Å²) in [6.45, 7) is 0. The molecule has 0 radical (unpaired) electrons. The Labute approximate surface area is 166 Å². The maximum Gasteiger partial charge on any atom is 0.271 e. The van der Waals surface area contributed by atoms with E-state index in [2.05, 4.69) is 20.6 Å². The van der Waals surface area contributed by atoms with Crippen molar-refractivity contribution in [3.8, 4) is 16.9 Å². The largest absolute Gasteiger partial charge is 0.278 e. The molecule has 2 aromatic heterocycles. The molecule has 8 heteroatoms. The van der Waals surface area contributed by atoms with Crippen LogP contribution in [0, 0.1) is 10.1 Å². The summed E-state index contributed by atoms with van der Waals surface area (Å²) in [5, 5.41) is 19.8. The van der Waals surface area contributed by atoms with Crippen molar-refractivity contribution >= 4 is 17.6 Å². The minimum Gasteiger partial charge on any atom is -0.278 e. The van der Waals surface area contributed by atoms with Crippen LogP contribution in [-0.4, -0.2) is 25.9 Å². The molecular formula is C21H16N6O2. The van der Waals surface area contributed by atoms with Crippen LogP contribution in [0.5, 0.6) is 0 Å². The van der Waals surface area contributed by atoms with Gasteiger partial charge < -0.3 is 0 Å². The Kier molecular flexibility index (Phi) is 5.06. The number of rotatable bonds is 6. The zero-order valence-electron chi connectivity index (χ0n) is 15.2. The Morgan fingerprint density at radius 3 is 2.69 bits per heavy atom. The van der Waals surface area contributed by atoms with Gasteiger partial charge in [0.1, 0.15) is 5.69 Å². The molecule has 0 aliphatic heterocycles. The smallest absolute Gasteiger partial charge is 0.271 e. The maximum atomic E-state index is 10.9. The minimum atomic E-state index is -0.445. The van der Waals surface area contributed by atoms with Gasteiger partial charge in [0.15, 0.2) is 0 Å². The second kappa shape index (κ2) is 8.13. The number of anilines is 1. The summed E-state index contributed by atoms with van der Waals surface area (Å²) in [5.41, 5.74) is 6.64. The third-order valence-electron chi connectivity index (χ3n) is 4.15. The van der Waals surface area contributed by atoms with Crippen molar-refractivity contribution in [1.29, 1.82) is 0 Å². The molecule has 0 saturated heterocycles. The predicted octanol–water partition coefficient (Wildman–Crippen LogP) is 4.29. The van der Waals surface area contributed by atoms with Crippen LogP contribution in [0.1, 0.15) is 5.56 Å². The molecule has 2 aromatic carbocycles. The molecule has 4 aromatic rings. The highest BCUT2D eigenvalue weighted by Crippen LogP contribution is 2.22. The Hall–Kier alpha value is -4.33. The number of hydrogen-bond donors (Lipinski definition) is 1. The third kappa shape index (κ3) is 4.16. The summed E-state index contributed by atoms with van der Waals surface area (Å²) < 4.78 is 1.77. The van der Waals surface area contributed by atoms with Crippen LogP contribution in [-0.2, 0) is 0 Å². The van der Waals surface area contributed by atoms with Gasteiger partial charge in [0.25, 0.3) is 5.69 Å². The van der Waals surface area contributed by atoms with E-state index in [0.717, 1.165) is 22.5 Å². The number of pyridine rings is 1. The summed E-state index contributed by atoms with van der Waals surface area (Å²) in [7, 11) is 0. The first-order valence-corrected chi connectivity index (χ1v) is 8.80. The number of non-ortho nitro benzene ring substituents is 1. The van der Waals surface area contributed by atoms with Crippen molar-refractivity contribution in [2.75, 3.05) is 5.43 Å². The average molecular weight is 384 g/mol. The molecule has 0 bridgehead atoms. The number of benzene rings is 2. The van der Waals surface area contributed by atoms with Gasteiger partial charge in [-0.2, -0.15) is 10.2 Å². The monoisotopic (exact) mass is 384 g/mol. The second-order valence-electron chi connectivity index (χ2n) is 6.13. The van der Waals surface area contributed by atoms with E-state index >= 15 is 0 Å². The van der Waals surface area contributed by atoms with Crippen LogP contribution in [0.3, 0.4) is 0 Å². The molecular weight excluding hydrogens is 368 g/mol. The summed E-state index contributed by atoms with van der Waals surface area (Å²) in [6.07, 6.45) is 6.95. The summed E-state index contributed by atoms with van der Waals surface area (Å²) in [6, 6.07) is 19.7. The fourth-order valence-corrected chi connectivity index (χ4v) is 2.79. The summed E-state index contributed by atoms with van der Waals surface area (Å²) >= 11 is 0. The molecule has 0 aliphatic rings. The normalized spacial score (nSPS) is 10.9. The summed E-state index contributed by atoms with van der Waals surface area (Å²) in [4.78, 5) is 14.6. The van der Waals surface area contributed by atoms with Crippen LogP contribution in [0.2, 0.25) is 0 Å². The molecule has 8 nitrogen and oxygen atoms in total. The number of nitro groups is 1. The van der Waals surface area contributed by atoms with E-state index in [9.17, 15) is 10.1 Å². The molecule has 0 fully saturated rings. The standard InChI is InChI=1S/C21H16N6O2/c28-27(29)20-10-4-7-18(12-20)24-23-14-17-15-26(19-8-2-1-3-9-19)25-21(17)16-6-5-11-22-13-16/h1-15,24H/b23-14-. The molecule has 29 heavy (non-hydrogen) atoms. The Morgan fingerprint density at radius 2 is 1.93 bits per heavy atom. The van der Waals surface area contributed by atoms with E-state index in [4.69, 9.17) is 0 Å². The van der Waals surface area contributed by atoms with Gasteiger partial charge >= 0.3 is 0 Å². The lowest BCUT2D eigenvalue weighted by atomic mass is 10.1. The van der Waals surface area contributed by atoms with Crippen molar-refractivity contribution in [1.82, 2.24) is 14.8 Å². The van der Waals surface area contributed by atoms with Crippen LogP contribution in [0.4, 0.5) is 11.4 Å². The number of nitrogens with zero attached hydrogens (tertiary/aromatic N) is 5. The van der Waals surface area contributed by atoms with Gasteiger partial charge in [-0.1, -0.05) is 24.3 Å². The van der Waals surface area contributed by atoms with E-state index in [1.165, 1.54) is 12.1 Å². The summed E-state index contributed by atoms with van der Waals surface area (Å²) in [5.74, 6) is 0. The van der Waals surface area contributed by atoms with E-state index in [1.807, 2.05) is 48.7 Å². The fraction of sp³-hybridized carbons (Fsp3) is 0. The lowest BCUT2D eigenvalue weighted by Gasteiger charge is -2.00. The van der Waals surface area contributed by atoms with Gasteiger partial charge in [-0.25, -0.2) is 4.68 Å². The first-order chi connectivity index (χ1) is 14.2. The molecule has 0 atom stereocenters. The highest BCUT2D eigenvalue weighted by molar-refractivity contribution is 5.89. The molecule has 142 valence electrons. The maximum absolute atomic E-state index is 10.9. The van der Waals surface area contributed by atoms with Gasteiger partial charge in [0, 0.05) is 41.9 Å². The van der Waals surface area contributed by atoms with Gasteiger partial charge in [-0.15, -0.1) is 0 Å². The lowest BCUT2D eigenvalue weighted by Crippen LogP contribution is -1.94. The first-order valence-electron chi connectivity index (χ1n) is 8.80. The minimum absolute atomic E-state index is 0.00172. The quantitative estimate of drug-likeness (QED) is 0.304. The zero-order valence-corrected chi connectivity index (χ0v) is 15.2. The molecule has 1 N–H and O–H groups in total. The van der Waals surface area contributed by atoms with Crippen molar-refractivity contribution in [3.05, 3.63) is 101 Å². The lowest BCUT2D eigenvalue weighted by molar-refractivity contribution is -0.384. The van der Waals surface area contributed by atoms with Crippen LogP contribution in [0.15, 0.2) is 90.4 Å². The molecule has 2 heterocycles. The van der Waals surface area contributed by atoms with Crippen molar-refractivity contribution in [3.63, 3.8) is 0 Å². The van der Waals surface area contributed by atoms with E-state index in [0.29, 0.717) is 5.69 Å². The highest BCUT2D eigenvalue weighted by atomic mass is 16.6.